The number of fused-ring (bicyclic) bond motifs is 1. The van der Waals surface area contributed by atoms with Crippen LogP contribution in [0, 0.1) is 17.3 Å². The lowest BCUT2D eigenvalue weighted by atomic mass is 9.71. The van der Waals surface area contributed by atoms with E-state index in [-0.39, 0.29) is 0 Å². The first kappa shape index (κ1) is 18.0. The number of ether oxygens (including phenoxy) is 1. The second-order valence-electron chi connectivity index (χ2n) is 8.84. The Morgan fingerprint density at radius 3 is 2.46 bits per heavy atom. The molecule has 2 aliphatic heterocycles. The molecule has 1 amide bonds. The Hall–Kier alpha value is -1.39. The van der Waals surface area contributed by atoms with Gasteiger partial charge in [-0.25, -0.2) is 0 Å². The average molecular weight is 357 g/mol. The van der Waals surface area contributed by atoms with E-state index >= 15 is 0 Å². The summed E-state index contributed by atoms with van der Waals surface area (Å²) in [6.07, 6.45) is 5.11. The third-order valence-electron chi connectivity index (χ3n) is 7.06. The molecule has 4 heteroatoms. The number of rotatable bonds is 4. The molecule has 2 saturated heterocycles. The van der Waals surface area contributed by atoms with Crippen molar-refractivity contribution in [3.05, 3.63) is 35.4 Å². The molecule has 2 fully saturated rings. The van der Waals surface area contributed by atoms with E-state index in [1.54, 1.807) is 0 Å². The maximum absolute atomic E-state index is 12.9. The van der Waals surface area contributed by atoms with Gasteiger partial charge in [0.05, 0.1) is 6.61 Å². The molecule has 0 saturated carbocycles. The number of amides is 1. The summed E-state index contributed by atoms with van der Waals surface area (Å²) >= 11 is 0. The van der Waals surface area contributed by atoms with Gasteiger partial charge in [-0.2, -0.15) is 0 Å². The molecule has 1 aromatic carbocycles. The highest BCUT2D eigenvalue weighted by molar-refractivity contribution is 5.76. The maximum atomic E-state index is 12.9. The highest BCUT2D eigenvalue weighted by Gasteiger charge is 2.47. The predicted octanol–water partition coefficient (Wildman–Crippen LogP) is 2.61. The SMILES string of the molecule is COCC1CN(C)CC12CCN(C(=O)CC1Cc3ccccc3C1)CC2. The molecule has 142 valence electrons. The number of carbonyl (C=O) groups is 1. The van der Waals surface area contributed by atoms with Crippen LogP contribution in [0.5, 0.6) is 0 Å². The Labute approximate surface area is 157 Å². The van der Waals surface area contributed by atoms with E-state index < -0.39 is 0 Å². The first-order valence-electron chi connectivity index (χ1n) is 10.1. The fraction of sp³-hybridized carbons (Fsp3) is 0.682. The third kappa shape index (κ3) is 3.41. The molecule has 0 radical (unpaired) electrons. The van der Waals surface area contributed by atoms with Crippen LogP contribution in [0.4, 0.5) is 0 Å². The van der Waals surface area contributed by atoms with Crippen LogP contribution in [0.25, 0.3) is 0 Å². The van der Waals surface area contributed by atoms with Gasteiger partial charge in [0.25, 0.3) is 0 Å². The number of nitrogens with zero attached hydrogens (tertiary/aromatic N) is 2. The summed E-state index contributed by atoms with van der Waals surface area (Å²) < 4.78 is 5.49. The van der Waals surface area contributed by atoms with E-state index in [9.17, 15) is 4.79 Å². The lowest BCUT2D eigenvalue weighted by Crippen LogP contribution is -2.47. The molecular weight excluding hydrogens is 324 g/mol. The molecule has 1 spiro atoms. The van der Waals surface area contributed by atoms with Crippen LogP contribution in [0.1, 0.15) is 30.4 Å². The van der Waals surface area contributed by atoms with Crippen LogP contribution in [0.2, 0.25) is 0 Å². The normalized spacial score (nSPS) is 25.8. The van der Waals surface area contributed by atoms with Crippen molar-refractivity contribution in [1.82, 2.24) is 9.80 Å². The fourth-order valence-electron chi connectivity index (χ4n) is 5.67. The minimum atomic E-state index is 0.352. The topological polar surface area (TPSA) is 32.8 Å². The lowest BCUT2D eigenvalue weighted by Gasteiger charge is -2.42. The molecule has 1 atom stereocenters. The summed E-state index contributed by atoms with van der Waals surface area (Å²) in [5, 5.41) is 0. The predicted molar refractivity (Wildman–Crippen MR) is 103 cm³/mol. The summed E-state index contributed by atoms with van der Waals surface area (Å²) in [7, 11) is 4.02. The third-order valence-corrected chi connectivity index (χ3v) is 7.06. The first-order chi connectivity index (χ1) is 12.6. The number of carbonyl (C=O) groups excluding carboxylic acids is 1. The van der Waals surface area contributed by atoms with Crippen molar-refractivity contribution in [3.63, 3.8) is 0 Å². The Morgan fingerprint density at radius 1 is 1.19 bits per heavy atom. The standard InChI is InChI=1S/C22H32N2O2/c1-23-14-20(15-26-2)22(16-23)7-9-24(10-8-22)21(25)13-17-11-18-5-3-4-6-19(18)12-17/h3-6,17,20H,7-16H2,1-2H3. The molecule has 4 rings (SSSR count). The highest BCUT2D eigenvalue weighted by atomic mass is 16.5. The van der Waals surface area contributed by atoms with E-state index in [4.69, 9.17) is 4.74 Å². The summed E-state index contributed by atoms with van der Waals surface area (Å²) in [6.45, 7) is 4.97. The fourth-order valence-corrected chi connectivity index (χ4v) is 5.67. The van der Waals surface area contributed by atoms with Crippen LogP contribution in [0.15, 0.2) is 24.3 Å². The summed E-state index contributed by atoms with van der Waals surface area (Å²) in [6, 6.07) is 8.67. The summed E-state index contributed by atoms with van der Waals surface area (Å²) in [5.74, 6) is 1.47. The second-order valence-corrected chi connectivity index (χ2v) is 8.84. The van der Waals surface area contributed by atoms with Crippen LogP contribution in [-0.4, -0.2) is 62.7 Å². The summed E-state index contributed by atoms with van der Waals surface area (Å²) in [5.41, 5.74) is 3.24. The van der Waals surface area contributed by atoms with Crippen molar-refractivity contribution in [2.45, 2.75) is 32.1 Å². The van der Waals surface area contributed by atoms with Gasteiger partial charge in [-0.1, -0.05) is 24.3 Å². The van der Waals surface area contributed by atoms with Crippen LogP contribution in [-0.2, 0) is 22.4 Å². The Morgan fingerprint density at radius 2 is 1.85 bits per heavy atom. The van der Waals surface area contributed by atoms with Gasteiger partial charge in [0, 0.05) is 45.6 Å². The first-order valence-corrected chi connectivity index (χ1v) is 10.1. The number of methoxy groups -OCH3 is 1. The number of hydrogen-bond acceptors (Lipinski definition) is 3. The smallest absolute Gasteiger partial charge is 0.222 e. The lowest BCUT2D eigenvalue weighted by molar-refractivity contribution is -0.135. The van der Waals surface area contributed by atoms with Crippen LogP contribution < -0.4 is 0 Å². The van der Waals surface area contributed by atoms with E-state index in [0.717, 1.165) is 58.5 Å². The van der Waals surface area contributed by atoms with Gasteiger partial charge in [-0.05, 0) is 55.2 Å². The monoisotopic (exact) mass is 356 g/mol. The van der Waals surface area contributed by atoms with Crippen molar-refractivity contribution in [2.75, 3.05) is 46.9 Å². The quantitative estimate of drug-likeness (QED) is 0.831. The molecule has 0 N–H and O–H groups in total. The second kappa shape index (κ2) is 7.32. The number of benzene rings is 1. The van der Waals surface area contributed by atoms with Crippen LogP contribution in [0.3, 0.4) is 0 Å². The minimum absolute atomic E-state index is 0.352. The zero-order valence-electron chi connectivity index (χ0n) is 16.2. The Bertz CT molecular complexity index is 626. The Kier molecular flexibility index (Phi) is 5.07. The molecule has 26 heavy (non-hydrogen) atoms. The maximum Gasteiger partial charge on any atom is 0.222 e. The van der Waals surface area contributed by atoms with Gasteiger partial charge in [0.15, 0.2) is 0 Å². The van der Waals surface area contributed by atoms with Gasteiger partial charge in [0.2, 0.25) is 5.91 Å². The van der Waals surface area contributed by atoms with Crippen molar-refractivity contribution >= 4 is 5.91 Å². The van der Waals surface area contributed by atoms with Gasteiger partial charge >= 0.3 is 0 Å². The average Bonchev–Trinajstić information content (AvgIpc) is 3.16. The van der Waals surface area contributed by atoms with Gasteiger partial charge < -0.3 is 14.5 Å². The highest BCUT2D eigenvalue weighted by Crippen LogP contribution is 2.44. The van der Waals surface area contributed by atoms with Crippen molar-refractivity contribution < 1.29 is 9.53 Å². The molecule has 4 nitrogen and oxygen atoms in total. The number of hydrogen-bond donors (Lipinski definition) is 0. The van der Waals surface area contributed by atoms with Crippen molar-refractivity contribution in [3.8, 4) is 0 Å². The minimum Gasteiger partial charge on any atom is -0.384 e. The molecule has 1 unspecified atom stereocenters. The van der Waals surface area contributed by atoms with Gasteiger partial charge in [-0.15, -0.1) is 0 Å². The zero-order chi connectivity index (χ0) is 18.1. The zero-order valence-corrected chi connectivity index (χ0v) is 16.2. The van der Waals surface area contributed by atoms with Gasteiger partial charge in [0.1, 0.15) is 0 Å². The van der Waals surface area contributed by atoms with Crippen molar-refractivity contribution in [2.24, 2.45) is 17.3 Å². The van der Waals surface area contributed by atoms with Crippen LogP contribution >= 0.6 is 0 Å². The van der Waals surface area contributed by atoms with E-state index in [0.29, 0.717) is 29.6 Å². The largest absolute Gasteiger partial charge is 0.384 e. The van der Waals surface area contributed by atoms with E-state index in [1.165, 1.54) is 11.1 Å². The Balaban J connectivity index is 1.32. The molecule has 1 aromatic rings. The molecule has 2 heterocycles. The van der Waals surface area contributed by atoms with E-state index in [2.05, 4.69) is 41.1 Å². The van der Waals surface area contributed by atoms with E-state index in [1.807, 2.05) is 7.11 Å². The molecule has 3 aliphatic rings. The molecule has 0 aromatic heterocycles. The number of piperidine rings is 1. The molecule has 0 bridgehead atoms. The number of likely N-dealkylation sites (tertiary alicyclic amines) is 2. The molecule has 1 aliphatic carbocycles. The van der Waals surface area contributed by atoms with Crippen molar-refractivity contribution in [1.29, 1.82) is 0 Å². The summed E-state index contributed by atoms with van der Waals surface area (Å²) in [4.78, 5) is 17.4. The van der Waals surface area contributed by atoms with Gasteiger partial charge in [-0.3, -0.25) is 4.79 Å². The molecular formula is C22H32N2O2.